The van der Waals surface area contributed by atoms with Gasteiger partial charge in [0.2, 0.25) is 0 Å². The van der Waals surface area contributed by atoms with E-state index < -0.39 is 6.36 Å². The van der Waals surface area contributed by atoms with Crippen LogP contribution in [-0.4, -0.2) is 24.4 Å². The Balaban J connectivity index is 1.18. The molecule has 159 valence electrons. The number of ether oxygens (including phenoxy) is 1. The van der Waals surface area contributed by atoms with Gasteiger partial charge in [-0.25, -0.2) is 4.98 Å². The maximum Gasteiger partial charge on any atom is 0.573 e. The molecule has 1 aromatic heterocycles. The van der Waals surface area contributed by atoms with Gasteiger partial charge in [-0.1, -0.05) is 31.0 Å². The number of nitrogens with zero attached hydrogens (tertiary/aromatic N) is 2. The fourth-order valence-corrected chi connectivity index (χ4v) is 4.79. The first-order valence-corrected chi connectivity index (χ1v) is 11.1. The van der Waals surface area contributed by atoms with Gasteiger partial charge in [0.15, 0.2) is 5.51 Å². The molecule has 4 rings (SSSR count). The Kier molecular flexibility index (Phi) is 6.46. The molecule has 0 N–H and O–H groups in total. The van der Waals surface area contributed by atoms with Crippen molar-refractivity contribution < 1.29 is 17.9 Å². The average molecular weight is 434 g/mol. The molecule has 0 bridgehead atoms. The highest BCUT2D eigenvalue weighted by atomic mass is 32.1. The third-order valence-electron chi connectivity index (χ3n) is 5.73. The Hall–Kier alpha value is -2.28. The molecule has 0 saturated carbocycles. The molecule has 0 atom stereocenters. The Morgan fingerprint density at radius 3 is 2.57 bits per heavy atom. The predicted molar refractivity (Wildman–Crippen MR) is 114 cm³/mol. The summed E-state index contributed by atoms with van der Waals surface area (Å²) in [5.41, 5.74) is 6.33. The van der Waals surface area contributed by atoms with Crippen LogP contribution in [0.25, 0.3) is 10.2 Å². The lowest BCUT2D eigenvalue weighted by Crippen LogP contribution is -2.33. The summed E-state index contributed by atoms with van der Waals surface area (Å²) in [5, 5.41) is 0. The lowest BCUT2D eigenvalue weighted by Gasteiger charge is -2.33. The largest absolute Gasteiger partial charge is 0.573 e. The van der Waals surface area contributed by atoms with E-state index in [-0.39, 0.29) is 5.75 Å². The van der Waals surface area contributed by atoms with Gasteiger partial charge < -0.3 is 9.64 Å². The van der Waals surface area contributed by atoms with Crippen LogP contribution in [0.3, 0.4) is 0 Å². The van der Waals surface area contributed by atoms with Crippen LogP contribution in [0.15, 0.2) is 42.5 Å². The number of hydrogen-bond acceptors (Lipinski definition) is 4. The summed E-state index contributed by atoms with van der Waals surface area (Å²) in [6.45, 7) is 2.12. The Morgan fingerprint density at radius 1 is 1.07 bits per heavy atom. The molecule has 1 fully saturated rings. The summed E-state index contributed by atoms with van der Waals surface area (Å²) in [4.78, 5) is 6.85. The van der Waals surface area contributed by atoms with Crippen LogP contribution in [0.1, 0.15) is 37.7 Å². The van der Waals surface area contributed by atoms with Crippen molar-refractivity contribution in [2.75, 3.05) is 18.0 Å². The number of rotatable bonds is 7. The number of anilines is 1. The van der Waals surface area contributed by atoms with Crippen molar-refractivity contribution in [1.82, 2.24) is 4.98 Å². The summed E-state index contributed by atoms with van der Waals surface area (Å²) >= 11 is 1.56. The molecule has 3 aromatic rings. The van der Waals surface area contributed by atoms with E-state index in [0.29, 0.717) is 0 Å². The number of thiazole rings is 1. The third kappa shape index (κ3) is 5.45. The van der Waals surface area contributed by atoms with Gasteiger partial charge in [0, 0.05) is 13.1 Å². The van der Waals surface area contributed by atoms with Crippen LogP contribution in [0.2, 0.25) is 0 Å². The maximum atomic E-state index is 12.2. The average Bonchev–Trinajstić information content (AvgIpc) is 3.21. The predicted octanol–water partition coefficient (Wildman–Crippen LogP) is 6.62. The summed E-state index contributed by atoms with van der Waals surface area (Å²) in [6.07, 6.45) is 2.02. The van der Waals surface area contributed by atoms with Gasteiger partial charge in [-0.2, -0.15) is 0 Å². The van der Waals surface area contributed by atoms with Crippen LogP contribution in [0.4, 0.5) is 18.9 Å². The van der Waals surface area contributed by atoms with Crippen molar-refractivity contribution in [3.05, 3.63) is 53.5 Å². The van der Waals surface area contributed by atoms with Gasteiger partial charge in [0.05, 0.1) is 10.4 Å². The first kappa shape index (κ1) is 21.0. The highest BCUT2D eigenvalue weighted by molar-refractivity contribution is 7.16. The van der Waals surface area contributed by atoms with Crippen LogP contribution < -0.4 is 9.64 Å². The zero-order valence-electron chi connectivity index (χ0n) is 16.6. The molecule has 0 unspecified atom stereocenters. The summed E-state index contributed by atoms with van der Waals surface area (Å²) < 4.78 is 41.7. The summed E-state index contributed by atoms with van der Waals surface area (Å²) in [7, 11) is 0. The molecule has 2 aromatic carbocycles. The lowest BCUT2D eigenvalue weighted by atomic mass is 9.90. The molecule has 0 spiro atoms. The number of unbranched alkanes of at least 4 members (excludes halogenated alkanes) is 1. The standard InChI is InChI=1S/C23H24F3N2OS/c24-23(25,26)29-19-10-8-17(9-11-19)4-1-2-5-18-12-14-28(15-13-18)20-6-3-7-21-22(20)27-16-30-21/h3,6-11,18H,1-2,4-5,12-15H2. The number of para-hydroxylation sites is 1. The minimum absolute atomic E-state index is 0.163. The number of piperidine rings is 1. The van der Waals surface area contributed by atoms with Gasteiger partial charge in [0.1, 0.15) is 11.3 Å². The van der Waals surface area contributed by atoms with Gasteiger partial charge in [0.25, 0.3) is 0 Å². The Morgan fingerprint density at radius 2 is 1.83 bits per heavy atom. The molecular formula is C23H24F3N2OS. The number of aromatic nitrogens is 1. The van der Waals surface area contributed by atoms with Gasteiger partial charge >= 0.3 is 6.36 Å². The second kappa shape index (κ2) is 9.25. The number of fused-ring (bicyclic) bond motifs is 1. The molecule has 30 heavy (non-hydrogen) atoms. The quantitative estimate of drug-likeness (QED) is 0.391. The normalized spacial score (nSPS) is 15.6. The molecule has 3 nitrogen and oxygen atoms in total. The van der Waals surface area contributed by atoms with Crippen molar-refractivity contribution in [1.29, 1.82) is 0 Å². The number of halogens is 3. The number of hydrogen-bond donors (Lipinski definition) is 0. The number of benzene rings is 2. The zero-order valence-corrected chi connectivity index (χ0v) is 17.4. The Labute approximate surface area is 178 Å². The number of aryl methyl sites for hydroxylation is 1. The van der Waals surface area contributed by atoms with Crippen LogP contribution in [0, 0.1) is 11.4 Å². The first-order chi connectivity index (χ1) is 14.5. The van der Waals surface area contributed by atoms with E-state index in [4.69, 9.17) is 0 Å². The maximum absolute atomic E-state index is 12.2. The van der Waals surface area contributed by atoms with E-state index in [1.165, 1.54) is 41.8 Å². The molecule has 0 aliphatic carbocycles. The topological polar surface area (TPSA) is 25.4 Å². The van der Waals surface area contributed by atoms with Crippen molar-refractivity contribution in [3.8, 4) is 5.75 Å². The van der Waals surface area contributed by atoms with E-state index in [1.54, 1.807) is 23.5 Å². The monoisotopic (exact) mass is 433 g/mol. The first-order valence-electron chi connectivity index (χ1n) is 10.3. The SMILES string of the molecule is FC(F)(F)Oc1ccc(CCCCC2CCN(c3cccc4s[c]nc34)CC2)cc1. The van der Waals surface area contributed by atoms with Crippen molar-refractivity contribution in [2.24, 2.45) is 5.92 Å². The van der Waals surface area contributed by atoms with Crippen molar-refractivity contribution in [3.63, 3.8) is 0 Å². The molecule has 1 aliphatic rings. The second-order valence-corrected chi connectivity index (χ2v) is 8.62. The fraction of sp³-hybridized carbons (Fsp3) is 0.435. The highest BCUT2D eigenvalue weighted by Crippen LogP contribution is 2.32. The van der Waals surface area contributed by atoms with E-state index in [2.05, 4.69) is 38.3 Å². The molecular weight excluding hydrogens is 409 g/mol. The van der Waals surface area contributed by atoms with Gasteiger partial charge in [-0.05, 0) is 61.4 Å². The fourth-order valence-electron chi connectivity index (χ4n) is 4.16. The second-order valence-electron chi connectivity index (χ2n) is 7.80. The molecule has 7 heteroatoms. The zero-order chi connectivity index (χ0) is 21.0. The third-order valence-corrected chi connectivity index (χ3v) is 6.46. The molecule has 1 saturated heterocycles. The van der Waals surface area contributed by atoms with Crippen LogP contribution in [0.5, 0.6) is 5.75 Å². The smallest absolute Gasteiger partial charge is 0.406 e. The molecule has 2 heterocycles. The van der Waals surface area contributed by atoms with Crippen LogP contribution >= 0.6 is 11.3 Å². The minimum atomic E-state index is -4.64. The lowest BCUT2D eigenvalue weighted by molar-refractivity contribution is -0.274. The van der Waals surface area contributed by atoms with E-state index in [1.807, 2.05) is 0 Å². The molecule has 1 aliphatic heterocycles. The van der Waals surface area contributed by atoms with E-state index in [9.17, 15) is 13.2 Å². The number of alkyl halides is 3. The van der Waals surface area contributed by atoms with E-state index >= 15 is 0 Å². The summed E-state index contributed by atoms with van der Waals surface area (Å²) in [6, 6.07) is 12.6. The summed E-state index contributed by atoms with van der Waals surface area (Å²) in [5.74, 6) is 0.578. The Bertz CT molecular complexity index is 947. The minimum Gasteiger partial charge on any atom is -0.406 e. The van der Waals surface area contributed by atoms with Gasteiger partial charge in [-0.15, -0.1) is 24.5 Å². The van der Waals surface area contributed by atoms with Gasteiger partial charge in [-0.3, -0.25) is 0 Å². The molecule has 1 radical (unpaired) electrons. The van der Waals surface area contributed by atoms with Crippen molar-refractivity contribution in [2.45, 2.75) is 44.9 Å². The van der Waals surface area contributed by atoms with Crippen LogP contribution in [-0.2, 0) is 6.42 Å². The van der Waals surface area contributed by atoms with E-state index in [0.717, 1.165) is 49.4 Å². The molecule has 0 amide bonds. The van der Waals surface area contributed by atoms with Crippen molar-refractivity contribution >= 4 is 27.2 Å². The highest BCUT2D eigenvalue weighted by Gasteiger charge is 2.30.